The minimum Gasteiger partial charge on any atom is -0.497 e. The number of thiophene rings is 1. The van der Waals surface area contributed by atoms with Gasteiger partial charge in [0.1, 0.15) is 11.6 Å². The Kier molecular flexibility index (Phi) is 3.37. The molecule has 0 bridgehead atoms. The molecule has 0 aliphatic heterocycles. The zero-order valence-corrected chi connectivity index (χ0v) is 12.1. The lowest BCUT2D eigenvalue weighted by molar-refractivity contribution is 0.413. The second-order valence-corrected chi connectivity index (χ2v) is 5.32. The van der Waals surface area contributed by atoms with Crippen LogP contribution in [0.4, 0.5) is 4.39 Å². The Hall–Kier alpha value is -1.99. The van der Waals surface area contributed by atoms with Crippen molar-refractivity contribution < 1.29 is 9.13 Å². The van der Waals surface area contributed by atoms with Gasteiger partial charge in [-0.1, -0.05) is 6.07 Å². The first kappa shape index (κ1) is 13.0. The smallest absolute Gasteiger partial charge is 0.200 e. The van der Waals surface area contributed by atoms with E-state index in [1.165, 1.54) is 24.5 Å². The molecule has 0 aliphatic rings. The molecule has 0 radical (unpaired) electrons. The van der Waals surface area contributed by atoms with Crippen LogP contribution in [0.25, 0.3) is 16.4 Å². The number of H-pyrrole nitrogens is 1. The molecule has 0 atom stereocenters. The number of halogens is 1. The summed E-state index contributed by atoms with van der Waals surface area (Å²) in [5.74, 6) is 0.750. The molecule has 0 saturated carbocycles. The van der Waals surface area contributed by atoms with Crippen molar-refractivity contribution in [3.8, 4) is 22.1 Å². The molecular weight excluding hydrogens is 297 g/mol. The minimum atomic E-state index is -0.388. The fourth-order valence-electron chi connectivity index (χ4n) is 1.88. The first-order valence-electron chi connectivity index (χ1n) is 5.76. The molecule has 0 saturated heterocycles. The van der Waals surface area contributed by atoms with Gasteiger partial charge in [-0.15, -0.1) is 11.3 Å². The van der Waals surface area contributed by atoms with E-state index in [4.69, 9.17) is 17.0 Å². The Bertz CT molecular complexity index is 792. The third kappa shape index (κ3) is 2.14. The summed E-state index contributed by atoms with van der Waals surface area (Å²) in [6.07, 6.45) is 0. The van der Waals surface area contributed by atoms with E-state index >= 15 is 0 Å². The van der Waals surface area contributed by atoms with Crippen LogP contribution in [0.5, 0.6) is 5.75 Å². The highest BCUT2D eigenvalue weighted by Crippen LogP contribution is 2.28. The molecule has 1 aromatic carbocycles. The molecule has 0 aliphatic carbocycles. The van der Waals surface area contributed by atoms with E-state index in [1.807, 2.05) is 17.5 Å². The minimum absolute atomic E-state index is 0.312. The van der Waals surface area contributed by atoms with Gasteiger partial charge in [0.25, 0.3) is 0 Å². The van der Waals surface area contributed by atoms with Crippen LogP contribution >= 0.6 is 23.6 Å². The van der Waals surface area contributed by atoms with Gasteiger partial charge in [0.2, 0.25) is 0 Å². The zero-order chi connectivity index (χ0) is 14.1. The van der Waals surface area contributed by atoms with Crippen molar-refractivity contribution in [2.45, 2.75) is 0 Å². The lowest BCUT2D eigenvalue weighted by Crippen LogP contribution is -2.00. The summed E-state index contributed by atoms with van der Waals surface area (Å²) in [6, 6.07) is 8.32. The van der Waals surface area contributed by atoms with Crippen molar-refractivity contribution in [3.63, 3.8) is 0 Å². The summed E-state index contributed by atoms with van der Waals surface area (Å²) in [7, 11) is 1.53. The third-order valence-corrected chi connectivity index (χ3v) is 3.95. The Morgan fingerprint density at radius 3 is 2.95 bits per heavy atom. The van der Waals surface area contributed by atoms with E-state index < -0.39 is 0 Å². The predicted molar refractivity (Wildman–Crippen MR) is 78.6 cm³/mol. The third-order valence-electron chi connectivity index (χ3n) is 2.81. The molecule has 2 aromatic heterocycles. The molecule has 2 heterocycles. The molecule has 4 nitrogen and oxygen atoms in total. The highest BCUT2D eigenvalue weighted by atomic mass is 32.1. The van der Waals surface area contributed by atoms with E-state index in [2.05, 4.69) is 10.2 Å². The number of aromatic nitrogens is 3. The number of hydrogen-bond donors (Lipinski definition) is 1. The van der Waals surface area contributed by atoms with Crippen LogP contribution in [-0.2, 0) is 0 Å². The molecule has 0 fully saturated rings. The van der Waals surface area contributed by atoms with Crippen LogP contribution in [0.2, 0.25) is 0 Å². The molecule has 1 N–H and O–H groups in total. The number of rotatable bonds is 3. The van der Waals surface area contributed by atoms with Crippen molar-refractivity contribution in [2.24, 2.45) is 0 Å². The summed E-state index contributed by atoms with van der Waals surface area (Å²) in [4.78, 5) is 0.902. The van der Waals surface area contributed by atoms with E-state index in [0.29, 0.717) is 22.0 Å². The van der Waals surface area contributed by atoms with E-state index in [9.17, 15) is 4.39 Å². The van der Waals surface area contributed by atoms with E-state index in [-0.39, 0.29) is 5.82 Å². The summed E-state index contributed by atoms with van der Waals surface area (Å²) in [5.41, 5.74) is 0.312. The SMILES string of the molecule is COc1ccc(F)c(-n2c(-c3cccs3)n[nH]c2=S)c1. The maximum Gasteiger partial charge on any atom is 0.200 e. The number of ether oxygens (including phenoxy) is 1. The van der Waals surface area contributed by atoms with Crippen LogP contribution < -0.4 is 4.74 Å². The molecule has 20 heavy (non-hydrogen) atoms. The van der Waals surface area contributed by atoms with Crippen molar-refractivity contribution in [3.05, 3.63) is 46.3 Å². The molecule has 3 aromatic rings. The van der Waals surface area contributed by atoms with Crippen LogP contribution in [0, 0.1) is 10.6 Å². The maximum atomic E-state index is 14.1. The van der Waals surface area contributed by atoms with Crippen molar-refractivity contribution in [2.75, 3.05) is 7.11 Å². The van der Waals surface area contributed by atoms with Gasteiger partial charge in [0.05, 0.1) is 17.7 Å². The number of nitrogens with one attached hydrogen (secondary N) is 1. The van der Waals surface area contributed by atoms with Crippen LogP contribution in [0.1, 0.15) is 0 Å². The molecular formula is C13H10FN3OS2. The van der Waals surface area contributed by atoms with Gasteiger partial charge in [0.15, 0.2) is 10.6 Å². The topological polar surface area (TPSA) is 42.8 Å². The average Bonchev–Trinajstić information content (AvgIpc) is 3.09. The fraction of sp³-hybridized carbons (Fsp3) is 0.0769. The Morgan fingerprint density at radius 1 is 1.40 bits per heavy atom. The highest BCUT2D eigenvalue weighted by molar-refractivity contribution is 7.71. The first-order valence-corrected chi connectivity index (χ1v) is 7.04. The number of nitrogens with zero attached hydrogens (tertiary/aromatic N) is 2. The molecule has 0 unspecified atom stereocenters. The molecule has 102 valence electrons. The van der Waals surface area contributed by atoms with Gasteiger partial charge in [-0.25, -0.2) is 4.39 Å². The monoisotopic (exact) mass is 307 g/mol. The molecule has 7 heteroatoms. The number of hydrogen-bond acceptors (Lipinski definition) is 4. The Balaban J connectivity index is 2.25. The van der Waals surface area contributed by atoms with Gasteiger partial charge in [-0.05, 0) is 35.8 Å². The lowest BCUT2D eigenvalue weighted by atomic mass is 10.2. The quantitative estimate of drug-likeness (QED) is 0.748. The molecule has 3 rings (SSSR count). The predicted octanol–water partition coefficient (Wildman–Crippen LogP) is 3.81. The second kappa shape index (κ2) is 5.18. The summed E-state index contributed by atoms with van der Waals surface area (Å²) >= 11 is 6.72. The van der Waals surface area contributed by atoms with Crippen LogP contribution in [0.3, 0.4) is 0 Å². The largest absolute Gasteiger partial charge is 0.497 e. The van der Waals surface area contributed by atoms with Gasteiger partial charge < -0.3 is 4.74 Å². The Labute approximate surface area is 123 Å². The standard InChI is InChI=1S/C13H10FN3OS2/c1-18-8-4-5-9(14)10(7-8)17-12(15-16-13(17)19)11-3-2-6-20-11/h2-7H,1H3,(H,16,19). The summed E-state index contributed by atoms with van der Waals surface area (Å²) < 4.78 is 21.1. The maximum absolute atomic E-state index is 14.1. The zero-order valence-electron chi connectivity index (χ0n) is 10.5. The number of methoxy groups -OCH3 is 1. The normalized spacial score (nSPS) is 10.7. The van der Waals surface area contributed by atoms with Crippen LogP contribution in [0.15, 0.2) is 35.7 Å². The van der Waals surface area contributed by atoms with E-state index in [1.54, 1.807) is 16.7 Å². The van der Waals surface area contributed by atoms with Gasteiger partial charge >= 0.3 is 0 Å². The lowest BCUT2D eigenvalue weighted by Gasteiger charge is -2.08. The highest BCUT2D eigenvalue weighted by Gasteiger charge is 2.15. The van der Waals surface area contributed by atoms with E-state index in [0.717, 1.165) is 4.88 Å². The van der Waals surface area contributed by atoms with Crippen molar-refractivity contribution in [1.29, 1.82) is 0 Å². The van der Waals surface area contributed by atoms with Crippen LogP contribution in [-0.4, -0.2) is 21.9 Å². The summed E-state index contributed by atoms with van der Waals surface area (Å²) in [6.45, 7) is 0. The second-order valence-electron chi connectivity index (χ2n) is 3.98. The number of aromatic amines is 1. The first-order chi connectivity index (χ1) is 9.70. The van der Waals surface area contributed by atoms with Crippen molar-refractivity contribution >= 4 is 23.6 Å². The van der Waals surface area contributed by atoms with Gasteiger partial charge in [-0.2, -0.15) is 5.10 Å². The summed E-state index contributed by atoms with van der Waals surface area (Å²) in [5, 5.41) is 8.81. The van der Waals surface area contributed by atoms with Gasteiger partial charge in [-0.3, -0.25) is 9.67 Å². The Morgan fingerprint density at radius 2 is 2.25 bits per heavy atom. The average molecular weight is 307 g/mol. The molecule has 0 spiro atoms. The fourth-order valence-corrected chi connectivity index (χ4v) is 2.82. The number of benzene rings is 1. The molecule has 0 amide bonds. The van der Waals surface area contributed by atoms with Gasteiger partial charge in [0, 0.05) is 6.07 Å². The van der Waals surface area contributed by atoms with Crippen molar-refractivity contribution in [1.82, 2.24) is 14.8 Å².